The molecule has 0 radical (unpaired) electrons. The molecule has 0 amide bonds. The van der Waals surface area contributed by atoms with E-state index in [0.29, 0.717) is 4.64 Å². The average Bonchev–Trinajstić information content (AvgIpc) is 2.47. The third kappa shape index (κ3) is 1.78. The fraction of sp³-hybridized carbons (Fsp3) is 0.333. The number of aromatic amines is 1. The summed E-state index contributed by atoms with van der Waals surface area (Å²) in [4.78, 5) is 4.15. The van der Waals surface area contributed by atoms with Crippen molar-refractivity contribution in [1.82, 2.24) is 14.8 Å². The van der Waals surface area contributed by atoms with Crippen molar-refractivity contribution in [2.45, 2.75) is 13.8 Å². The summed E-state index contributed by atoms with van der Waals surface area (Å²) in [5.41, 5.74) is 1.91. The van der Waals surface area contributed by atoms with Crippen LogP contribution in [0.25, 0.3) is 11.0 Å². The van der Waals surface area contributed by atoms with E-state index in [1.165, 1.54) is 0 Å². The van der Waals surface area contributed by atoms with Crippen molar-refractivity contribution in [3.63, 3.8) is 0 Å². The third-order valence-electron chi connectivity index (χ3n) is 1.63. The summed E-state index contributed by atoms with van der Waals surface area (Å²) in [6, 6.07) is 3.87. The number of nitrogens with zero attached hydrogens (tertiary/aromatic N) is 2. The Bertz CT molecular complexity index is 441. The van der Waals surface area contributed by atoms with Gasteiger partial charge in [-0.1, -0.05) is 26.1 Å². The molecule has 70 valence electrons. The fourth-order valence-electron chi connectivity index (χ4n) is 1.11. The topological polar surface area (TPSA) is 33.6 Å². The summed E-state index contributed by atoms with van der Waals surface area (Å²) >= 11 is 5.04. The smallest absolute Gasteiger partial charge is 0.146 e. The molecule has 1 N–H and O–H groups in total. The van der Waals surface area contributed by atoms with Crippen LogP contribution in [-0.4, -0.2) is 14.8 Å². The second-order valence-corrected chi connectivity index (χ2v) is 2.78. The van der Waals surface area contributed by atoms with Crippen molar-refractivity contribution in [3.8, 4) is 0 Å². The maximum atomic E-state index is 5.04. The lowest BCUT2D eigenvalue weighted by atomic mass is 10.4. The molecule has 13 heavy (non-hydrogen) atoms. The normalized spacial score (nSPS) is 9.46. The molecule has 0 saturated carbocycles. The minimum Gasteiger partial charge on any atom is -0.288 e. The highest BCUT2D eigenvalue weighted by Crippen LogP contribution is 2.09. The SMILES string of the molecule is CC.Cn1[nH]c(=S)c2ncccc21. The molecule has 0 atom stereocenters. The molecular formula is C9H13N3S. The largest absolute Gasteiger partial charge is 0.288 e. The Morgan fingerprint density at radius 2 is 2.15 bits per heavy atom. The van der Waals surface area contributed by atoms with Crippen LogP contribution in [0.1, 0.15) is 13.8 Å². The van der Waals surface area contributed by atoms with Gasteiger partial charge in [-0.05, 0) is 12.1 Å². The van der Waals surface area contributed by atoms with Gasteiger partial charge in [0.05, 0.1) is 5.52 Å². The molecule has 0 bridgehead atoms. The van der Waals surface area contributed by atoms with E-state index in [-0.39, 0.29) is 0 Å². The van der Waals surface area contributed by atoms with Crippen LogP contribution >= 0.6 is 12.2 Å². The number of hydrogen-bond acceptors (Lipinski definition) is 2. The molecule has 0 fully saturated rings. The zero-order valence-electron chi connectivity index (χ0n) is 8.03. The van der Waals surface area contributed by atoms with E-state index >= 15 is 0 Å². The van der Waals surface area contributed by atoms with Crippen molar-refractivity contribution in [3.05, 3.63) is 23.0 Å². The first kappa shape index (κ1) is 9.92. The zero-order chi connectivity index (χ0) is 9.84. The minimum absolute atomic E-state index is 0.697. The van der Waals surface area contributed by atoms with Crippen molar-refractivity contribution >= 4 is 23.3 Å². The van der Waals surface area contributed by atoms with Gasteiger partial charge in [-0.25, -0.2) is 0 Å². The summed E-state index contributed by atoms with van der Waals surface area (Å²) in [6.07, 6.45) is 1.74. The van der Waals surface area contributed by atoms with Crippen molar-refractivity contribution in [2.24, 2.45) is 7.05 Å². The van der Waals surface area contributed by atoms with Crippen LogP contribution in [0, 0.1) is 4.64 Å². The van der Waals surface area contributed by atoms with Gasteiger partial charge in [0.2, 0.25) is 0 Å². The summed E-state index contributed by atoms with van der Waals surface area (Å²) in [6.45, 7) is 4.00. The second-order valence-electron chi connectivity index (χ2n) is 2.37. The highest BCUT2D eigenvalue weighted by molar-refractivity contribution is 7.71. The van der Waals surface area contributed by atoms with Gasteiger partial charge in [-0.3, -0.25) is 14.8 Å². The molecule has 0 aliphatic rings. The first-order valence-corrected chi connectivity index (χ1v) is 4.69. The molecule has 3 nitrogen and oxygen atoms in total. The maximum Gasteiger partial charge on any atom is 0.146 e. The highest BCUT2D eigenvalue weighted by atomic mass is 32.1. The number of aromatic nitrogens is 3. The highest BCUT2D eigenvalue weighted by Gasteiger charge is 1.98. The number of H-pyrrole nitrogens is 1. The van der Waals surface area contributed by atoms with E-state index in [1.807, 2.05) is 37.7 Å². The quantitative estimate of drug-likeness (QED) is 0.656. The monoisotopic (exact) mass is 195 g/mol. The number of pyridine rings is 1. The summed E-state index contributed by atoms with van der Waals surface area (Å²) in [5.74, 6) is 0. The van der Waals surface area contributed by atoms with Crippen molar-refractivity contribution in [1.29, 1.82) is 0 Å². The third-order valence-corrected chi connectivity index (χ3v) is 1.92. The zero-order valence-corrected chi connectivity index (χ0v) is 8.85. The molecule has 2 heterocycles. The lowest BCUT2D eigenvalue weighted by molar-refractivity contribution is 0.792. The van der Waals surface area contributed by atoms with Crippen LogP contribution in [0.15, 0.2) is 18.3 Å². The molecule has 0 spiro atoms. The summed E-state index contributed by atoms with van der Waals surface area (Å²) < 4.78 is 2.56. The average molecular weight is 195 g/mol. The van der Waals surface area contributed by atoms with E-state index in [1.54, 1.807) is 6.20 Å². The van der Waals surface area contributed by atoms with Gasteiger partial charge >= 0.3 is 0 Å². The Hall–Kier alpha value is -1.16. The molecule has 0 aliphatic heterocycles. The van der Waals surface area contributed by atoms with Crippen molar-refractivity contribution < 1.29 is 0 Å². The molecular weight excluding hydrogens is 182 g/mol. The number of fused-ring (bicyclic) bond motifs is 1. The van der Waals surface area contributed by atoms with Crippen LogP contribution in [-0.2, 0) is 7.05 Å². The van der Waals surface area contributed by atoms with Gasteiger partial charge in [-0.15, -0.1) is 0 Å². The maximum absolute atomic E-state index is 5.04. The second kappa shape index (κ2) is 4.18. The molecule has 2 aromatic heterocycles. The number of nitrogens with one attached hydrogen (secondary N) is 1. The van der Waals surface area contributed by atoms with Crippen LogP contribution < -0.4 is 0 Å². The molecule has 0 aromatic carbocycles. The Morgan fingerprint density at radius 1 is 1.46 bits per heavy atom. The molecule has 4 heteroatoms. The first-order chi connectivity index (χ1) is 6.29. The number of rotatable bonds is 0. The van der Waals surface area contributed by atoms with Crippen LogP contribution in [0.2, 0.25) is 0 Å². The minimum atomic E-state index is 0.697. The van der Waals surface area contributed by atoms with Crippen LogP contribution in [0.3, 0.4) is 0 Å². The molecule has 0 unspecified atom stereocenters. The predicted molar refractivity (Wildman–Crippen MR) is 57.2 cm³/mol. The van der Waals surface area contributed by atoms with Gasteiger partial charge < -0.3 is 0 Å². The number of hydrogen-bond donors (Lipinski definition) is 1. The van der Waals surface area contributed by atoms with E-state index in [2.05, 4.69) is 10.1 Å². The molecule has 0 saturated heterocycles. The first-order valence-electron chi connectivity index (χ1n) is 4.29. The van der Waals surface area contributed by atoms with Gasteiger partial charge in [0.15, 0.2) is 0 Å². The van der Waals surface area contributed by atoms with E-state index in [9.17, 15) is 0 Å². The fourth-order valence-corrected chi connectivity index (χ4v) is 1.40. The number of aryl methyl sites for hydroxylation is 1. The van der Waals surface area contributed by atoms with Crippen molar-refractivity contribution in [2.75, 3.05) is 0 Å². The predicted octanol–water partition coefficient (Wildman–Crippen LogP) is 2.66. The Kier molecular flexibility index (Phi) is 3.19. The summed E-state index contributed by atoms with van der Waals surface area (Å²) in [7, 11) is 1.92. The van der Waals surface area contributed by atoms with Crippen LogP contribution in [0.4, 0.5) is 0 Å². The molecule has 0 aliphatic carbocycles. The molecule has 2 rings (SSSR count). The van der Waals surface area contributed by atoms with Gasteiger partial charge in [-0.2, -0.15) is 0 Å². The lowest BCUT2D eigenvalue weighted by Crippen LogP contribution is -1.88. The Labute approximate surface area is 82.4 Å². The van der Waals surface area contributed by atoms with E-state index in [0.717, 1.165) is 11.0 Å². The Balaban J connectivity index is 0.000000396. The lowest BCUT2D eigenvalue weighted by Gasteiger charge is -1.90. The summed E-state index contributed by atoms with van der Waals surface area (Å²) in [5, 5.41) is 2.98. The van der Waals surface area contributed by atoms with Gasteiger partial charge in [0, 0.05) is 13.2 Å². The molecule has 2 aromatic rings. The van der Waals surface area contributed by atoms with Crippen LogP contribution in [0.5, 0.6) is 0 Å². The standard InChI is InChI=1S/C7H7N3S.C2H6/c1-10-5-3-2-4-8-6(5)7(11)9-10;1-2/h2-4H,1H3,(H,9,11);1-2H3. The van der Waals surface area contributed by atoms with E-state index in [4.69, 9.17) is 12.2 Å². The Morgan fingerprint density at radius 3 is 2.77 bits per heavy atom. The van der Waals surface area contributed by atoms with E-state index < -0.39 is 0 Å². The van der Waals surface area contributed by atoms with Gasteiger partial charge in [0.25, 0.3) is 0 Å². The van der Waals surface area contributed by atoms with Gasteiger partial charge in [0.1, 0.15) is 10.2 Å².